The smallest absolute Gasteiger partial charge is 0.337 e. The molecular formula is C12H12ClNO5. The molecule has 0 aromatic heterocycles. The van der Waals surface area contributed by atoms with E-state index in [2.05, 4.69) is 10.1 Å². The topological polar surface area (TPSA) is 92.7 Å². The molecule has 0 aliphatic heterocycles. The fourth-order valence-corrected chi connectivity index (χ4v) is 1.51. The molecule has 0 fully saturated rings. The van der Waals surface area contributed by atoms with Crippen LogP contribution < -0.4 is 5.32 Å². The first-order chi connectivity index (χ1) is 8.93. The number of esters is 1. The van der Waals surface area contributed by atoms with Crippen LogP contribution in [0, 0.1) is 0 Å². The average molecular weight is 286 g/mol. The molecule has 2 N–H and O–H groups in total. The number of anilines is 1. The second kappa shape index (κ2) is 6.75. The van der Waals surface area contributed by atoms with Gasteiger partial charge >= 0.3 is 11.9 Å². The summed E-state index contributed by atoms with van der Waals surface area (Å²) in [6.07, 6.45) is -0.0839. The molecule has 0 saturated heterocycles. The lowest BCUT2D eigenvalue weighted by molar-refractivity contribution is -0.141. The molecule has 0 saturated carbocycles. The van der Waals surface area contributed by atoms with E-state index in [9.17, 15) is 14.4 Å². The first-order valence-electron chi connectivity index (χ1n) is 5.33. The average Bonchev–Trinajstić information content (AvgIpc) is 2.37. The van der Waals surface area contributed by atoms with Crippen LogP contribution in [0.4, 0.5) is 5.69 Å². The van der Waals surface area contributed by atoms with Gasteiger partial charge in [0, 0.05) is 12.1 Å². The van der Waals surface area contributed by atoms with Gasteiger partial charge < -0.3 is 15.2 Å². The third-order valence-corrected chi connectivity index (χ3v) is 2.59. The number of amides is 1. The maximum absolute atomic E-state index is 11.5. The number of carboxylic acid groups (broad SMARTS) is 1. The number of aromatic carboxylic acids is 1. The number of carboxylic acids is 1. The molecule has 0 unspecified atom stereocenters. The lowest BCUT2D eigenvalue weighted by Gasteiger charge is -2.06. The van der Waals surface area contributed by atoms with Crippen molar-refractivity contribution in [2.24, 2.45) is 0 Å². The fraction of sp³-hybridized carbons (Fsp3) is 0.250. The van der Waals surface area contributed by atoms with Crippen LogP contribution in [0.5, 0.6) is 0 Å². The second-order valence-corrected chi connectivity index (χ2v) is 4.03. The molecule has 6 nitrogen and oxygen atoms in total. The number of rotatable bonds is 5. The lowest BCUT2D eigenvalue weighted by atomic mass is 10.2. The molecule has 1 amide bonds. The van der Waals surface area contributed by atoms with Crippen LogP contribution in [0.3, 0.4) is 0 Å². The number of ether oxygens (including phenoxy) is 1. The van der Waals surface area contributed by atoms with Crippen molar-refractivity contribution in [2.75, 3.05) is 12.4 Å². The van der Waals surface area contributed by atoms with Gasteiger partial charge in [0.25, 0.3) is 0 Å². The van der Waals surface area contributed by atoms with Crippen molar-refractivity contribution in [2.45, 2.75) is 12.8 Å². The summed E-state index contributed by atoms with van der Waals surface area (Å²) in [4.78, 5) is 33.2. The number of benzene rings is 1. The molecule has 1 rings (SSSR count). The molecule has 0 heterocycles. The fourth-order valence-electron chi connectivity index (χ4n) is 1.31. The molecule has 0 aliphatic carbocycles. The van der Waals surface area contributed by atoms with Crippen LogP contribution in [-0.2, 0) is 14.3 Å². The normalized spacial score (nSPS) is 9.79. The number of halogens is 1. The van der Waals surface area contributed by atoms with Gasteiger partial charge in [0.05, 0.1) is 24.1 Å². The zero-order valence-corrected chi connectivity index (χ0v) is 10.9. The minimum Gasteiger partial charge on any atom is -0.478 e. The zero-order chi connectivity index (χ0) is 14.4. The molecule has 0 aliphatic rings. The van der Waals surface area contributed by atoms with Crippen LogP contribution in [0.1, 0.15) is 23.2 Å². The monoisotopic (exact) mass is 285 g/mol. The first-order valence-corrected chi connectivity index (χ1v) is 5.71. The Bertz CT molecular complexity index is 515. The van der Waals surface area contributed by atoms with Gasteiger partial charge in [-0.3, -0.25) is 9.59 Å². The van der Waals surface area contributed by atoms with Gasteiger partial charge in [0.1, 0.15) is 0 Å². The van der Waals surface area contributed by atoms with E-state index in [-0.39, 0.29) is 23.4 Å². The van der Waals surface area contributed by atoms with Crippen molar-refractivity contribution >= 4 is 35.1 Å². The van der Waals surface area contributed by atoms with Crippen LogP contribution >= 0.6 is 11.6 Å². The maximum Gasteiger partial charge on any atom is 0.337 e. The Morgan fingerprint density at radius 1 is 1.32 bits per heavy atom. The zero-order valence-electron chi connectivity index (χ0n) is 10.1. The van der Waals surface area contributed by atoms with Crippen LogP contribution in [0.2, 0.25) is 5.02 Å². The molecular weight excluding hydrogens is 274 g/mol. The van der Waals surface area contributed by atoms with Gasteiger partial charge in [0.15, 0.2) is 0 Å². The third kappa shape index (κ3) is 4.59. The van der Waals surface area contributed by atoms with E-state index in [1.54, 1.807) is 0 Å². The van der Waals surface area contributed by atoms with Gasteiger partial charge in [-0.1, -0.05) is 11.6 Å². The molecule has 19 heavy (non-hydrogen) atoms. The summed E-state index contributed by atoms with van der Waals surface area (Å²) >= 11 is 5.69. The maximum atomic E-state index is 11.5. The van der Waals surface area contributed by atoms with E-state index in [0.717, 1.165) is 0 Å². The van der Waals surface area contributed by atoms with Crippen molar-refractivity contribution in [1.29, 1.82) is 0 Å². The standard InChI is InChI=1S/C12H12ClNO5/c1-19-11(16)5-4-10(15)14-7-2-3-9(13)8(6-7)12(17)18/h2-3,6H,4-5H2,1H3,(H,14,15)(H,17,18). The molecule has 0 spiro atoms. The molecule has 1 aromatic carbocycles. The van der Waals surface area contributed by atoms with Crippen LogP contribution in [0.25, 0.3) is 0 Å². The predicted molar refractivity (Wildman–Crippen MR) is 68.3 cm³/mol. The lowest BCUT2D eigenvalue weighted by Crippen LogP contribution is -2.14. The molecule has 0 atom stereocenters. The molecule has 1 aromatic rings. The Labute approximate surface area is 114 Å². The summed E-state index contributed by atoms with van der Waals surface area (Å²) in [6.45, 7) is 0. The summed E-state index contributed by atoms with van der Waals surface area (Å²) < 4.78 is 4.40. The minimum absolute atomic E-state index is 0.0400. The van der Waals surface area contributed by atoms with Crippen LogP contribution in [-0.4, -0.2) is 30.1 Å². The second-order valence-electron chi connectivity index (χ2n) is 3.62. The molecule has 7 heteroatoms. The third-order valence-electron chi connectivity index (χ3n) is 2.26. The van der Waals surface area contributed by atoms with E-state index >= 15 is 0 Å². The summed E-state index contributed by atoms with van der Waals surface area (Å²) in [5.41, 5.74) is 0.198. The van der Waals surface area contributed by atoms with Crippen molar-refractivity contribution < 1.29 is 24.2 Å². The van der Waals surface area contributed by atoms with Gasteiger partial charge in [0.2, 0.25) is 5.91 Å². The highest BCUT2D eigenvalue weighted by atomic mass is 35.5. The Morgan fingerprint density at radius 3 is 2.58 bits per heavy atom. The van der Waals surface area contributed by atoms with Gasteiger partial charge in [-0.2, -0.15) is 0 Å². The Morgan fingerprint density at radius 2 is 2.00 bits per heavy atom. The van der Waals surface area contributed by atoms with Gasteiger partial charge in [-0.05, 0) is 18.2 Å². The molecule has 0 radical (unpaired) electrons. The van der Waals surface area contributed by atoms with Gasteiger partial charge in [-0.15, -0.1) is 0 Å². The summed E-state index contributed by atoms with van der Waals surface area (Å²) in [5.74, 6) is -2.09. The van der Waals surface area contributed by atoms with E-state index in [1.165, 1.54) is 25.3 Å². The number of methoxy groups -OCH3 is 1. The first kappa shape index (κ1) is 15.0. The van der Waals surface area contributed by atoms with Gasteiger partial charge in [-0.25, -0.2) is 4.79 Å². The summed E-state index contributed by atoms with van der Waals surface area (Å²) in [5, 5.41) is 11.4. The summed E-state index contributed by atoms with van der Waals surface area (Å²) in [6, 6.07) is 4.10. The highest BCUT2D eigenvalue weighted by molar-refractivity contribution is 6.33. The van der Waals surface area contributed by atoms with E-state index in [1.807, 2.05) is 0 Å². The minimum atomic E-state index is -1.18. The quantitative estimate of drug-likeness (QED) is 0.806. The van der Waals surface area contributed by atoms with Crippen molar-refractivity contribution in [3.63, 3.8) is 0 Å². The van der Waals surface area contributed by atoms with Crippen molar-refractivity contribution in [3.8, 4) is 0 Å². The molecule has 102 valence electrons. The largest absolute Gasteiger partial charge is 0.478 e. The Kier molecular flexibility index (Phi) is 5.32. The van der Waals surface area contributed by atoms with Crippen molar-refractivity contribution in [3.05, 3.63) is 28.8 Å². The highest BCUT2D eigenvalue weighted by Crippen LogP contribution is 2.20. The number of carbonyl (C=O) groups is 3. The van der Waals surface area contributed by atoms with Crippen molar-refractivity contribution in [1.82, 2.24) is 0 Å². The number of carbonyl (C=O) groups excluding carboxylic acids is 2. The Balaban J connectivity index is 2.67. The highest BCUT2D eigenvalue weighted by Gasteiger charge is 2.11. The number of hydrogen-bond acceptors (Lipinski definition) is 4. The SMILES string of the molecule is COC(=O)CCC(=O)Nc1ccc(Cl)c(C(=O)O)c1. The number of hydrogen-bond donors (Lipinski definition) is 2. The molecule has 0 bridgehead atoms. The van der Waals surface area contributed by atoms with E-state index in [4.69, 9.17) is 16.7 Å². The van der Waals surface area contributed by atoms with E-state index in [0.29, 0.717) is 5.69 Å². The Hall–Kier alpha value is -2.08. The summed E-state index contributed by atoms with van der Waals surface area (Å²) in [7, 11) is 1.23. The van der Waals surface area contributed by atoms with Crippen LogP contribution in [0.15, 0.2) is 18.2 Å². The number of nitrogens with one attached hydrogen (secondary N) is 1. The van der Waals surface area contributed by atoms with E-state index < -0.39 is 17.8 Å². The predicted octanol–water partition coefficient (Wildman–Crippen LogP) is 1.93.